The van der Waals surface area contributed by atoms with Gasteiger partial charge in [0.05, 0.1) is 29.0 Å². The summed E-state index contributed by atoms with van der Waals surface area (Å²) >= 11 is 0. The van der Waals surface area contributed by atoms with Crippen LogP contribution in [0.1, 0.15) is 45.4 Å². The van der Waals surface area contributed by atoms with Crippen LogP contribution >= 0.6 is 0 Å². The molecule has 1 heterocycles. The Kier molecular flexibility index (Phi) is 13.9. The molecule has 0 aromatic carbocycles. The van der Waals surface area contributed by atoms with Gasteiger partial charge in [-0.2, -0.15) is 0 Å². The molecular formula is C18H32N2NaO6S+. The van der Waals surface area contributed by atoms with Crippen molar-refractivity contribution in [2.24, 2.45) is 4.99 Å². The first kappa shape index (κ1) is 27.9. The van der Waals surface area contributed by atoms with Crippen LogP contribution in [0.3, 0.4) is 0 Å². The molecule has 0 fully saturated rings. The SMILES string of the molecule is CCCCCCC/C=C/C(=O)C1=NCC[N+]1(CCO)CC(O)CS(=O)(=O)[O-].[Na+]. The number of hydrogen-bond donors (Lipinski definition) is 2. The van der Waals surface area contributed by atoms with E-state index in [4.69, 9.17) is 0 Å². The summed E-state index contributed by atoms with van der Waals surface area (Å²) in [5, 5.41) is 19.4. The van der Waals surface area contributed by atoms with Gasteiger partial charge in [-0.25, -0.2) is 13.4 Å². The Hall–Kier alpha value is -0.130. The second kappa shape index (κ2) is 14.0. The monoisotopic (exact) mass is 427 g/mol. The van der Waals surface area contributed by atoms with Crippen LogP contribution in [0.2, 0.25) is 0 Å². The van der Waals surface area contributed by atoms with Gasteiger partial charge in [0.1, 0.15) is 25.7 Å². The minimum Gasteiger partial charge on any atom is -0.748 e. The molecule has 1 aliphatic heterocycles. The van der Waals surface area contributed by atoms with Crippen molar-refractivity contribution in [2.75, 3.05) is 38.5 Å². The minimum absolute atomic E-state index is 0. The molecule has 0 saturated carbocycles. The van der Waals surface area contributed by atoms with E-state index in [-0.39, 0.29) is 65.4 Å². The molecule has 0 amide bonds. The smallest absolute Gasteiger partial charge is 0.748 e. The summed E-state index contributed by atoms with van der Waals surface area (Å²) in [7, 11) is -4.58. The first-order valence-corrected chi connectivity index (χ1v) is 11.2. The number of aliphatic imine (C=N–C) groups is 1. The molecule has 0 bridgehead atoms. The van der Waals surface area contributed by atoms with Crippen molar-refractivity contribution < 1.29 is 62.0 Å². The van der Waals surface area contributed by atoms with Crippen LogP contribution in [0.4, 0.5) is 0 Å². The standard InChI is InChI=1S/C18H32N2O6S.Na/c1-2-3-4-5-6-7-8-9-17(23)18-19-10-11-20(18,12-13-21)14-16(22)15-27(24,25)26;/h8-9,16,21-22H,2-7,10-15H2,1H3;/q;+1/b9-8+;. The van der Waals surface area contributed by atoms with Crippen LogP contribution in [-0.4, -0.2) is 83.9 Å². The molecule has 8 nitrogen and oxygen atoms in total. The number of unbranched alkanes of at least 4 members (excludes halogenated alkanes) is 5. The van der Waals surface area contributed by atoms with E-state index in [1.54, 1.807) is 6.08 Å². The number of rotatable bonds is 14. The summed E-state index contributed by atoms with van der Waals surface area (Å²) in [6, 6.07) is 0. The maximum Gasteiger partial charge on any atom is 1.00 e. The summed E-state index contributed by atoms with van der Waals surface area (Å²) in [6.45, 7) is 2.62. The quantitative estimate of drug-likeness (QED) is 0.105. The van der Waals surface area contributed by atoms with Gasteiger partial charge >= 0.3 is 29.6 Å². The average molecular weight is 428 g/mol. The molecule has 0 aliphatic carbocycles. The van der Waals surface area contributed by atoms with Crippen LogP contribution in [-0.2, 0) is 14.9 Å². The van der Waals surface area contributed by atoms with Gasteiger partial charge in [-0.15, -0.1) is 0 Å². The molecule has 1 rings (SSSR count). The van der Waals surface area contributed by atoms with E-state index in [0.717, 1.165) is 19.3 Å². The van der Waals surface area contributed by atoms with E-state index in [1.807, 2.05) is 0 Å². The predicted octanol–water partition coefficient (Wildman–Crippen LogP) is -2.40. The summed E-state index contributed by atoms with van der Waals surface area (Å²) in [6.07, 6.45) is 8.34. The number of allylic oxidation sites excluding steroid dienone is 1. The van der Waals surface area contributed by atoms with Crippen molar-refractivity contribution >= 4 is 21.7 Å². The normalized spacial score (nSPS) is 20.8. The van der Waals surface area contributed by atoms with Gasteiger partial charge < -0.3 is 14.8 Å². The topological polar surface area (TPSA) is 127 Å². The van der Waals surface area contributed by atoms with E-state index in [1.165, 1.54) is 25.3 Å². The fraction of sp³-hybridized carbons (Fsp3) is 0.778. The third kappa shape index (κ3) is 10.1. The van der Waals surface area contributed by atoms with Gasteiger partial charge in [0.25, 0.3) is 11.6 Å². The summed E-state index contributed by atoms with van der Waals surface area (Å²) in [5.74, 6) is -1.02. The summed E-state index contributed by atoms with van der Waals surface area (Å²) in [4.78, 5) is 16.8. The fourth-order valence-electron chi connectivity index (χ4n) is 3.42. The van der Waals surface area contributed by atoms with Crippen molar-refractivity contribution in [3.8, 4) is 0 Å². The zero-order chi connectivity index (χ0) is 20.3. The molecule has 0 radical (unpaired) electrons. The summed E-state index contributed by atoms with van der Waals surface area (Å²) in [5.41, 5.74) is 0. The number of hydrogen-bond acceptors (Lipinski definition) is 7. The Morgan fingerprint density at radius 1 is 1.32 bits per heavy atom. The number of quaternary nitrogens is 1. The van der Waals surface area contributed by atoms with Crippen LogP contribution in [0.25, 0.3) is 0 Å². The molecule has 2 N–H and O–H groups in total. The molecule has 28 heavy (non-hydrogen) atoms. The van der Waals surface area contributed by atoms with Crippen molar-refractivity contribution in [3.63, 3.8) is 0 Å². The molecule has 0 aromatic rings. The van der Waals surface area contributed by atoms with Gasteiger partial charge in [-0.1, -0.05) is 38.7 Å². The first-order valence-electron chi connectivity index (χ1n) is 9.58. The minimum atomic E-state index is -4.58. The van der Waals surface area contributed by atoms with Crippen LogP contribution < -0.4 is 29.6 Å². The van der Waals surface area contributed by atoms with Crippen LogP contribution in [0.15, 0.2) is 17.1 Å². The number of carbonyl (C=O) groups excluding carboxylic acids is 1. The molecule has 2 unspecified atom stereocenters. The Balaban J connectivity index is 0.00000729. The molecular weight excluding hydrogens is 395 g/mol. The number of amidine groups is 1. The average Bonchev–Trinajstić information content (AvgIpc) is 2.95. The van der Waals surface area contributed by atoms with Gasteiger partial charge in [0.2, 0.25) is 0 Å². The van der Waals surface area contributed by atoms with E-state index < -0.39 is 22.0 Å². The molecule has 0 spiro atoms. The molecule has 1 aliphatic rings. The second-order valence-electron chi connectivity index (χ2n) is 7.05. The first-order chi connectivity index (χ1) is 12.7. The third-order valence-electron chi connectivity index (χ3n) is 4.69. The molecule has 10 heteroatoms. The number of nitrogens with zero attached hydrogens (tertiary/aromatic N) is 2. The Morgan fingerprint density at radius 3 is 2.61 bits per heavy atom. The maximum absolute atomic E-state index is 12.6. The largest absolute Gasteiger partial charge is 1.00 e. The van der Waals surface area contributed by atoms with E-state index in [0.29, 0.717) is 13.1 Å². The number of aliphatic hydroxyl groups is 2. The third-order valence-corrected chi connectivity index (χ3v) is 5.48. The zero-order valence-electron chi connectivity index (χ0n) is 17.0. The number of aliphatic hydroxyl groups excluding tert-OH is 2. The van der Waals surface area contributed by atoms with E-state index in [9.17, 15) is 28.0 Å². The van der Waals surface area contributed by atoms with Crippen molar-refractivity contribution in [3.05, 3.63) is 12.2 Å². The van der Waals surface area contributed by atoms with E-state index >= 15 is 0 Å². The zero-order valence-corrected chi connectivity index (χ0v) is 19.9. The second-order valence-corrected chi connectivity index (χ2v) is 8.50. The van der Waals surface area contributed by atoms with Gasteiger partial charge in [-0.3, -0.25) is 9.28 Å². The van der Waals surface area contributed by atoms with Crippen LogP contribution in [0, 0.1) is 0 Å². The van der Waals surface area contributed by atoms with Gasteiger partial charge in [-0.05, 0) is 18.9 Å². The van der Waals surface area contributed by atoms with Crippen molar-refractivity contribution in [1.29, 1.82) is 0 Å². The Morgan fingerprint density at radius 2 is 2.00 bits per heavy atom. The molecule has 2 atom stereocenters. The van der Waals surface area contributed by atoms with Crippen molar-refractivity contribution in [1.82, 2.24) is 0 Å². The predicted molar refractivity (Wildman–Crippen MR) is 102 cm³/mol. The van der Waals surface area contributed by atoms with Gasteiger partial charge in [0.15, 0.2) is 0 Å². The van der Waals surface area contributed by atoms with E-state index in [2.05, 4.69) is 11.9 Å². The fourth-order valence-corrected chi connectivity index (χ4v) is 3.99. The van der Waals surface area contributed by atoms with Gasteiger partial charge in [0, 0.05) is 0 Å². The molecule has 156 valence electrons. The summed E-state index contributed by atoms with van der Waals surface area (Å²) < 4.78 is 32.5. The molecule has 0 aromatic heterocycles. The Labute approximate surface area is 190 Å². The number of carbonyl (C=O) groups is 1. The Bertz CT molecular complexity index is 638. The van der Waals surface area contributed by atoms with Crippen molar-refractivity contribution in [2.45, 2.75) is 51.6 Å². The molecule has 0 saturated heterocycles. The van der Waals surface area contributed by atoms with Crippen LogP contribution in [0.5, 0.6) is 0 Å². The maximum atomic E-state index is 12.6. The number of ketones is 1.